The van der Waals surface area contributed by atoms with Gasteiger partial charge in [-0.3, -0.25) is 0 Å². The van der Waals surface area contributed by atoms with Crippen molar-refractivity contribution in [2.24, 2.45) is 0 Å². The molecule has 3 nitrogen and oxygen atoms in total. The van der Waals surface area contributed by atoms with E-state index in [0.29, 0.717) is 10.5 Å². The van der Waals surface area contributed by atoms with Crippen LogP contribution in [0.25, 0.3) is 0 Å². The zero-order valence-electron chi connectivity index (χ0n) is 14.2. The lowest BCUT2D eigenvalue weighted by Gasteiger charge is -2.32. The van der Waals surface area contributed by atoms with Gasteiger partial charge in [0.1, 0.15) is 11.4 Å². The molecule has 134 valence electrons. The first-order valence-electron chi connectivity index (χ1n) is 8.47. The summed E-state index contributed by atoms with van der Waals surface area (Å²) < 4.78 is 18.5. The number of thioether (sulfide) groups is 2. The summed E-state index contributed by atoms with van der Waals surface area (Å²) in [6.45, 7) is 2.14. The molecule has 0 aromatic heterocycles. The Labute approximate surface area is 158 Å². The highest BCUT2D eigenvalue weighted by Gasteiger charge is 2.49. The van der Waals surface area contributed by atoms with E-state index in [1.807, 2.05) is 47.8 Å². The van der Waals surface area contributed by atoms with Crippen molar-refractivity contribution in [2.75, 3.05) is 24.5 Å². The summed E-state index contributed by atoms with van der Waals surface area (Å²) in [4.78, 5) is 0. The fourth-order valence-corrected chi connectivity index (χ4v) is 6.48. The quantitative estimate of drug-likeness (QED) is 0.633. The number of benzene rings is 1. The van der Waals surface area contributed by atoms with Crippen molar-refractivity contribution < 1.29 is 14.2 Å². The molecule has 0 spiro atoms. The molecule has 1 unspecified atom stereocenters. The Morgan fingerprint density at radius 2 is 1.96 bits per heavy atom. The number of hydrogen-bond donors (Lipinski definition) is 0. The van der Waals surface area contributed by atoms with Crippen molar-refractivity contribution in [1.29, 1.82) is 0 Å². The normalized spacial score (nSPS) is 31.3. The van der Waals surface area contributed by atoms with Gasteiger partial charge in [0, 0.05) is 5.56 Å². The summed E-state index contributed by atoms with van der Waals surface area (Å²) in [5, 5.41) is 0. The molecular weight excluding hydrogens is 364 g/mol. The lowest BCUT2D eigenvalue weighted by molar-refractivity contribution is -0.0879. The Morgan fingerprint density at radius 3 is 2.54 bits per heavy atom. The van der Waals surface area contributed by atoms with Crippen LogP contribution in [0.2, 0.25) is 0 Å². The zero-order chi connectivity index (χ0) is 17.0. The molecule has 2 heterocycles. The number of halogens is 1. The van der Waals surface area contributed by atoms with Gasteiger partial charge in [-0.25, -0.2) is 0 Å². The number of methoxy groups -OCH3 is 1. The molecule has 6 heteroatoms. The van der Waals surface area contributed by atoms with Crippen molar-refractivity contribution in [3.63, 3.8) is 0 Å². The van der Waals surface area contributed by atoms with Gasteiger partial charge in [-0.1, -0.05) is 19.1 Å². The number of rotatable bonds is 6. The van der Waals surface area contributed by atoms with E-state index in [1.54, 1.807) is 7.11 Å². The summed E-state index contributed by atoms with van der Waals surface area (Å²) >= 11 is 10.4. The molecular formula is C18H25ClO3S2. The van der Waals surface area contributed by atoms with Gasteiger partial charge in [0.25, 0.3) is 0 Å². The molecule has 2 aliphatic heterocycles. The molecule has 1 aromatic carbocycles. The fourth-order valence-electron chi connectivity index (χ4n) is 3.14. The van der Waals surface area contributed by atoms with Crippen molar-refractivity contribution in [3.05, 3.63) is 29.8 Å². The van der Waals surface area contributed by atoms with Crippen LogP contribution in [0, 0.1) is 0 Å². The lowest BCUT2D eigenvalue weighted by Crippen LogP contribution is -2.42. The second-order valence-corrected chi connectivity index (χ2v) is 9.35. The Hall–Kier alpha value is -0.0700. The smallest absolute Gasteiger partial charge is 0.185 e. The lowest BCUT2D eigenvalue weighted by atomic mass is 9.94. The first-order chi connectivity index (χ1) is 11.7. The SMILES string of the molecule is CC[C@@]1(CCl)OC(c2ccc(OC)cc2)O[C@H]1CC1SCCCS1. The molecule has 0 aliphatic carbocycles. The second-order valence-electron chi connectivity index (χ2n) is 6.16. The maximum absolute atomic E-state index is 6.35. The highest BCUT2D eigenvalue weighted by atomic mass is 35.5. The van der Waals surface area contributed by atoms with Crippen molar-refractivity contribution in [3.8, 4) is 5.75 Å². The molecule has 2 saturated heterocycles. The predicted octanol–water partition coefficient (Wildman–Crippen LogP) is 5.08. The highest BCUT2D eigenvalue weighted by molar-refractivity contribution is 8.17. The minimum Gasteiger partial charge on any atom is -0.497 e. The summed E-state index contributed by atoms with van der Waals surface area (Å²) in [5.41, 5.74) is 0.621. The minimum atomic E-state index is -0.398. The maximum atomic E-state index is 6.35. The molecule has 1 aromatic rings. The van der Waals surface area contributed by atoms with Crippen molar-refractivity contribution >= 4 is 35.1 Å². The number of hydrogen-bond acceptors (Lipinski definition) is 5. The third-order valence-electron chi connectivity index (χ3n) is 4.73. The number of alkyl halides is 1. The van der Waals surface area contributed by atoms with Crippen LogP contribution in [0.5, 0.6) is 5.75 Å². The summed E-state index contributed by atoms with van der Waals surface area (Å²) in [7, 11) is 1.67. The Balaban J connectivity index is 1.73. The first-order valence-corrected chi connectivity index (χ1v) is 11.1. The van der Waals surface area contributed by atoms with Gasteiger partial charge in [0.2, 0.25) is 0 Å². The topological polar surface area (TPSA) is 27.7 Å². The van der Waals surface area contributed by atoms with Crippen LogP contribution in [0.3, 0.4) is 0 Å². The van der Waals surface area contributed by atoms with Gasteiger partial charge in [0.15, 0.2) is 6.29 Å². The molecule has 3 rings (SSSR count). The Kier molecular flexibility index (Phi) is 6.66. The van der Waals surface area contributed by atoms with Gasteiger partial charge >= 0.3 is 0 Å². The van der Waals surface area contributed by atoms with Crippen molar-refractivity contribution in [2.45, 2.75) is 48.8 Å². The molecule has 2 fully saturated rings. The summed E-state index contributed by atoms with van der Waals surface area (Å²) in [6, 6.07) is 7.89. The van der Waals surface area contributed by atoms with Crippen LogP contribution in [0.1, 0.15) is 38.0 Å². The van der Waals surface area contributed by atoms with E-state index in [1.165, 1.54) is 17.9 Å². The van der Waals surface area contributed by atoms with Crippen LogP contribution in [-0.2, 0) is 9.47 Å². The third kappa shape index (κ3) is 4.01. The van der Waals surface area contributed by atoms with Gasteiger partial charge < -0.3 is 14.2 Å². The van der Waals surface area contributed by atoms with E-state index in [4.69, 9.17) is 25.8 Å². The third-order valence-corrected chi connectivity index (χ3v) is 8.18. The van der Waals surface area contributed by atoms with E-state index in [9.17, 15) is 0 Å². The molecule has 24 heavy (non-hydrogen) atoms. The molecule has 0 bridgehead atoms. The zero-order valence-corrected chi connectivity index (χ0v) is 16.6. The van der Waals surface area contributed by atoms with Crippen molar-refractivity contribution in [1.82, 2.24) is 0 Å². The molecule has 0 amide bonds. The summed E-state index contributed by atoms with van der Waals surface area (Å²) in [5.74, 6) is 3.78. The van der Waals surface area contributed by atoms with E-state index in [2.05, 4.69) is 6.92 Å². The molecule has 0 saturated carbocycles. The van der Waals surface area contributed by atoms with E-state index in [0.717, 1.165) is 24.2 Å². The molecule has 0 N–H and O–H groups in total. The van der Waals surface area contributed by atoms with E-state index < -0.39 is 5.60 Å². The highest BCUT2D eigenvalue weighted by Crippen LogP contribution is 2.46. The van der Waals surface area contributed by atoms with Gasteiger partial charge in [-0.15, -0.1) is 35.1 Å². The van der Waals surface area contributed by atoms with Crippen LogP contribution >= 0.6 is 35.1 Å². The average Bonchev–Trinajstić information content (AvgIpc) is 3.01. The fraction of sp³-hybridized carbons (Fsp3) is 0.667. The minimum absolute atomic E-state index is 0.0372. The summed E-state index contributed by atoms with van der Waals surface area (Å²) in [6.07, 6.45) is 2.84. The average molecular weight is 389 g/mol. The monoisotopic (exact) mass is 388 g/mol. The maximum Gasteiger partial charge on any atom is 0.185 e. The number of ether oxygens (including phenoxy) is 3. The van der Waals surface area contributed by atoms with Gasteiger partial charge in [-0.2, -0.15) is 0 Å². The first kappa shape index (κ1) is 18.7. The molecule has 2 aliphatic rings. The molecule has 0 radical (unpaired) electrons. The van der Waals surface area contributed by atoms with Gasteiger partial charge in [0.05, 0.1) is 23.7 Å². The Bertz CT molecular complexity index is 516. The van der Waals surface area contributed by atoms with Crippen LogP contribution < -0.4 is 4.74 Å². The van der Waals surface area contributed by atoms with Crippen LogP contribution in [-0.4, -0.2) is 40.8 Å². The Morgan fingerprint density at radius 1 is 1.25 bits per heavy atom. The van der Waals surface area contributed by atoms with Crippen LogP contribution in [0.4, 0.5) is 0 Å². The van der Waals surface area contributed by atoms with Gasteiger partial charge in [-0.05, 0) is 42.9 Å². The second kappa shape index (κ2) is 8.54. The van der Waals surface area contributed by atoms with E-state index in [-0.39, 0.29) is 12.4 Å². The predicted molar refractivity (Wildman–Crippen MR) is 103 cm³/mol. The van der Waals surface area contributed by atoms with Crippen LogP contribution in [0.15, 0.2) is 24.3 Å². The standard InChI is InChI=1S/C18H25ClO3S2/c1-3-18(12-19)15(11-16-23-9-4-10-24-16)21-17(22-18)13-5-7-14(20-2)8-6-13/h5-8,15-17H,3-4,9-12H2,1-2H3/t15-,17?,18-/m0/s1. The molecule has 3 atom stereocenters. The largest absolute Gasteiger partial charge is 0.497 e. The van der Waals surface area contributed by atoms with E-state index >= 15 is 0 Å².